The Balaban J connectivity index is 1.32. The normalized spacial score (nSPS) is 18.6. The van der Waals surface area contributed by atoms with Crippen LogP contribution >= 0.6 is 0 Å². The Kier molecular flexibility index (Phi) is 5.13. The van der Waals surface area contributed by atoms with Crippen molar-refractivity contribution in [2.45, 2.75) is 38.6 Å². The molecule has 0 aliphatic carbocycles. The molecule has 2 aliphatic heterocycles. The lowest BCUT2D eigenvalue weighted by atomic mass is 10.0. The summed E-state index contributed by atoms with van der Waals surface area (Å²) >= 11 is 0. The number of carbonyl (C=O) groups is 1. The van der Waals surface area contributed by atoms with E-state index in [4.69, 9.17) is 14.0 Å². The van der Waals surface area contributed by atoms with Gasteiger partial charge in [-0.25, -0.2) is 4.79 Å². The van der Waals surface area contributed by atoms with E-state index in [1.54, 1.807) is 6.92 Å². The fourth-order valence-electron chi connectivity index (χ4n) is 3.60. The molecule has 2 amide bonds. The van der Waals surface area contributed by atoms with E-state index >= 15 is 0 Å². The van der Waals surface area contributed by atoms with Gasteiger partial charge in [-0.3, -0.25) is 0 Å². The molecule has 0 bridgehead atoms. The number of amides is 2. The fraction of sp³-hybridized carbons (Fsp3) is 0.526. The largest absolute Gasteiger partial charge is 0.486 e. The Morgan fingerprint density at radius 3 is 2.96 bits per heavy atom. The number of aromatic nitrogens is 2. The van der Waals surface area contributed by atoms with Crippen molar-refractivity contribution in [2.75, 3.05) is 26.3 Å². The molecule has 0 saturated carbocycles. The summed E-state index contributed by atoms with van der Waals surface area (Å²) in [5, 5.41) is 6.77. The van der Waals surface area contributed by atoms with E-state index in [1.165, 1.54) is 0 Å². The lowest BCUT2D eigenvalue weighted by Gasteiger charge is -2.27. The molecule has 8 heteroatoms. The molecule has 1 aromatic heterocycles. The van der Waals surface area contributed by atoms with Crippen molar-refractivity contribution in [2.24, 2.45) is 0 Å². The van der Waals surface area contributed by atoms with Gasteiger partial charge in [-0.05, 0) is 43.9 Å². The highest BCUT2D eigenvalue weighted by molar-refractivity contribution is 5.75. The Bertz CT molecular complexity index is 807. The molecule has 8 nitrogen and oxygen atoms in total. The highest BCUT2D eigenvalue weighted by atomic mass is 16.6. The predicted octanol–water partition coefficient (Wildman–Crippen LogP) is 2.63. The molecule has 3 heterocycles. The Hall–Kier alpha value is -2.77. The molecule has 1 atom stereocenters. The number of rotatable bonds is 5. The van der Waals surface area contributed by atoms with Crippen LogP contribution in [0.2, 0.25) is 0 Å². The average molecular weight is 372 g/mol. The summed E-state index contributed by atoms with van der Waals surface area (Å²) in [6.45, 7) is 4.26. The van der Waals surface area contributed by atoms with Gasteiger partial charge in [-0.2, -0.15) is 4.98 Å². The van der Waals surface area contributed by atoms with E-state index < -0.39 is 0 Å². The van der Waals surface area contributed by atoms with Crippen LogP contribution in [0.5, 0.6) is 11.5 Å². The first-order valence-corrected chi connectivity index (χ1v) is 9.44. The standard InChI is InChI=1S/C19H24N4O4/c1-13-21-18(27-22-13)5-2-8-20-19(24)23-9-3-4-15(23)14-6-7-16-17(12-14)26-11-10-25-16/h6-7,12,15H,2-5,8-11H2,1H3,(H,20,24). The summed E-state index contributed by atoms with van der Waals surface area (Å²) in [5.74, 6) is 2.78. The van der Waals surface area contributed by atoms with Crippen molar-refractivity contribution >= 4 is 6.03 Å². The molecule has 1 aromatic carbocycles. The lowest BCUT2D eigenvalue weighted by Crippen LogP contribution is -2.40. The smallest absolute Gasteiger partial charge is 0.317 e. The van der Waals surface area contributed by atoms with Crippen molar-refractivity contribution in [1.29, 1.82) is 0 Å². The van der Waals surface area contributed by atoms with Gasteiger partial charge in [0.1, 0.15) is 13.2 Å². The monoisotopic (exact) mass is 372 g/mol. The van der Waals surface area contributed by atoms with E-state index in [9.17, 15) is 4.79 Å². The summed E-state index contributed by atoms with van der Waals surface area (Å²) in [6, 6.07) is 6.00. The van der Waals surface area contributed by atoms with Crippen LogP contribution in [0.4, 0.5) is 4.79 Å². The van der Waals surface area contributed by atoms with Crippen LogP contribution in [0.1, 0.15) is 42.6 Å². The number of benzene rings is 1. The number of hydrogen-bond acceptors (Lipinski definition) is 6. The second kappa shape index (κ2) is 7.85. The topological polar surface area (TPSA) is 89.7 Å². The van der Waals surface area contributed by atoms with Crippen molar-refractivity contribution in [1.82, 2.24) is 20.4 Å². The molecule has 1 fully saturated rings. The summed E-state index contributed by atoms with van der Waals surface area (Å²) in [6.07, 6.45) is 3.37. The SMILES string of the molecule is Cc1noc(CCCNC(=O)N2CCCC2c2ccc3c(c2)OCCO3)n1. The van der Waals surface area contributed by atoms with Crippen LogP contribution in [-0.4, -0.2) is 47.4 Å². The Labute approximate surface area is 157 Å². The zero-order valence-electron chi connectivity index (χ0n) is 15.4. The van der Waals surface area contributed by atoms with E-state index in [1.807, 2.05) is 23.1 Å². The quantitative estimate of drug-likeness (QED) is 0.812. The third-order valence-electron chi connectivity index (χ3n) is 4.88. The van der Waals surface area contributed by atoms with Crippen LogP contribution in [0.25, 0.3) is 0 Å². The van der Waals surface area contributed by atoms with Gasteiger partial charge in [0.05, 0.1) is 6.04 Å². The molecular weight excluding hydrogens is 348 g/mol. The summed E-state index contributed by atoms with van der Waals surface area (Å²) < 4.78 is 16.3. The van der Waals surface area contributed by atoms with Gasteiger partial charge in [-0.1, -0.05) is 11.2 Å². The van der Waals surface area contributed by atoms with Gasteiger partial charge in [0.15, 0.2) is 17.3 Å². The minimum absolute atomic E-state index is 0.0332. The third-order valence-corrected chi connectivity index (χ3v) is 4.88. The van der Waals surface area contributed by atoms with E-state index in [0.29, 0.717) is 37.9 Å². The Morgan fingerprint density at radius 1 is 1.30 bits per heavy atom. The van der Waals surface area contributed by atoms with Gasteiger partial charge in [0.2, 0.25) is 5.89 Å². The third kappa shape index (κ3) is 3.99. The molecule has 1 saturated heterocycles. The highest BCUT2D eigenvalue weighted by Gasteiger charge is 2.30. The number of urea groups is 1. The number of nitrogens with one attached hydrogen (secondary N) is 1. The van der Waals surface area contributed by atoms with Crippen molar-refractivity contribution < 1.29 is 18.8 Å². The Morgan fingerprint density at radius 2 is 2.15 bits per heavy atom. The molecular formula is C19H24N4O4. The number of ether oxygens (including phenoxy) is 2. The van der Waals surface area contributed by atoms with Crippen LogP contribution in [0.15, 0.2) is 22.7 Å². The maximum atomic E-state index is 12.6. The first kappa shape index (κ1) is 17.6. The van der Waals surface area contributed by atoms with Crippen molar-refractivity contribution in [3.8, 4) is 11.5 Å². The zero-order valence-corrected chi connectivity index (χ0v) is 15.4. The number of likely N-dealkylation sites (tertiary alicyclic amines) is 1. The van der Waals surface area contributed by atoms with Gasteiger partial charge in [-0.15, -0.1) is 0 Å². The van der Waals surface area contributed by atoms with E-state index in [0.717, 1.165) is 42.9 Å². The number of aryl methyl sites for hydroxylation is 2. The van der Waals surface area contributed by atoms with Crippen LogP contribution < -0.4 is 14.8 Å². The fourth-order valence-corrected chi connectivity index (χ4v) is 3.60. The summed E-state index contributed by atoms with van der Waals surface area (Å²) in [7, 11) is 0. The minimum atomic E-state index is -0.0332. The second-order valence-corrected chi connectivity index (χ2v) is 6.83. The highest BCUT2D eigenvalue weighted by Crippen LogP contribution is 2.38. The first-order chi connectivity index (χ1) is 13.2. The molecule has 1 N–H and O–H groups in total. The van der Waals surface area contributed by atoms with Crippen LogP contribution in [0.3, 0.4) is 0 Å². The van der Waals surface area contributed by atoms with E-state index in [2.05, 4.69) is 15.5 Å². The van der Waals surface area contributed by atoms with Gasteiger partial charge >= 0.3 is 6.03 Å². The van der Waals surface area contributed by atoms with Crippen molar-refractivity contribution in [3.63, 3.8) is 0 Å². The number of fused-ring (bicyclic) bond motifs is 1. The molecule has 4 rings (SSSR count). The summed E-state index contributed by atoms with van der Waals surface area (Å²) in [5.41, 5.74) is 1.09. The van der Waals surface area contributed by atoms with Gasteiger partial charge in [0.25, 0.3) is 0 Å². The number of hydrogen-bond donors (Lipinski definition) is 1. The number of nitrogens with zero attached hydrogens (tertiary/aromatic N) is 3. The molecule has 0 radical (unpaired) electrons. The first-order valence-electron chi connectivity index (χ1n) is 9.44. The molecule has 2 aliphatic rings. The molecule has 0 spiro atoms. The van der Waals surface area contributed by atoms with Gasteiger partial charge in [0, 0.05) is 19.5 Å². The lowest BCUT2D eigenvalue weighted by molar-refractivity contribution is 0.170. The summed E-state index contributed by atoms with van der Waals surface area (Å²) in [4.78, 5) is 18.7. The maximum absolute atomic E-state index is 12.6. The predicted molar refractivity (Wildman–Crippen MR) is 96.9 cm³/mol. The van der Waals surface area contributed by atoms with E-state index in [-0.39, 0.29) is 12.1 Å². The number of carbonyl (C=O) groups excluding carboxylic acids is 1. The van der Waals surface area contributed by atoms with Crippen LogP contribution in [0, 0.1) is 6.92 Å². The van der Waals surface area contributed by atoms with Crippen LogP contribution in [-0.2, 0) is 6.42 Å². The molecule has 1 unspecified atom stereocenters. The molecule has 27 heavy (non-hydrogen) atoms. The molecule has 2 aromatic rings. The average Bonchev–Trinajstić information content (AvgIpc) is 3.34. The maximum Gasteiger partial charge on any atom is 0.317 e. The van der Waals surface area contributed by atoms with Gasteiger partial charge < -0.3 is 24.2 Å². The second-order valence-electron chi connectivity index (χ2n) is 6.83. The van der Waals surface area contributed by atoms with Crippen molar-refractivity contribution in [3.05, 3.63) is 35.5 Å². The molecule has 144 valence electrons. The minimum Gasteiger partial charge on any atom is -0.486 e. The zero-order chi connectivity index (χ0) is 18.6.